The lowest BCUT2D eigenvalue weighted by Crippen LogP contribution is -2.15. The van der Waals surface area contributed by atoms with Crippen molar-refractivity contribution in [3.63, 3.8) is 0 Å². The molecule has 0 amide bonds. The second kappa shape index (κ2) is 6.69. The van der Waals surface area contributed by atoms with Gasteiger partial charge < -0.3 is 15.8 Å². The third-order valence-corrected chi connectivity index (χ3v) is 4.18. The fourth-order valence-corrected chi connectivity index (χ4v) is 2.88. The van der Waals surface area contributed by atoms with Gasteiger partial charge in [-0.2, -0.15) is 0 Å². The Kier molecular flexibility index (Phi) is 4.94. The topological polar surface area (TPSA) is 47.3 Å². The standard InChI is InChI=1S/C16H26N2O/c1-12-3-5-13(6-4-12)7-8-18-15-9-14(17)10-16(11-15)19-2/h9-13,18H,3-8,17H2,1-2H3. The summed E-state index contributed by atoms with van der Waals surface area (Å²) in [4.78, 5) is 0. The third kappa shape index (κ3) is 4.34. The van der Waals surface area contributed by atoms with Gasteiger partial charge in [0.2, 0.25) is 0 Å². The molecule has 0 aliphatic heterocycles. The molecule has 0 atom stereocenters. The molecule has 1 aliphatic carbocycles. The predicted octanol–water partition coefficient (Wildman–Crippen LogP) is 3.91. The zero-order chi connectivity index (χ0) is 13.7. The van der Waals surface area contributed by atoms with Crippen molar-refractivity contribution in [3.8, 4) is 5.75 Å². The van der Waals surface area contributed by atoms with Crippen molar-refractivity contribution in [2.45, 2.75) is 39.0 Å². The van der Waals surface area contributed by atoms with Crippen LogP contribution in [-0.2, 0) is 0 Å². The summed E-state index contributed by atoms with van der Waals surface area (Å²) in [5, 5.41) is 3.46. The second-order valence-electron chi connectivity index (χ2n) is 5.84. The largest absolute Gasteiger partial charge is 0.497 e. The molecule has 2 rings (SSSR count). The molecule has 1 fully saturated rings. The van der Waals surface area contributed by atoms with Crippen molar-refractivity contribution in [2.75, 3.05) is 24.7 Å². The number of rotatable bonds is 5. The quantitative estimate of drug-likeness (QED) is 0.791. The van der Waals surface area contributed by atoms with E-state index in [1.54, 1.807) is 7.11 Å². The van der Waals surface area contributed by atoms with E-state index in [0.29, 0.717) is 0 Å². The van der Waals surface area contributed by atoms with E-state index in [4.69, 9.17) is 10.5 Å². The highest BCUT2D eigenvalue weighted by atomic mass is 16.5. The molecular weight excluding hydrogens is 236 g/mol. The van der Waals surface area contributed by atoms with Gasteiger partial charge in [-0.25, -0.2) is 0 Å². The molecule has 1 aromatic rings. The van der Waals surface area contributed by atoms with Crippen LogP contribution >= 0.6 is 0 Å². The van der Waals surface area contributed by atoms with E-state index in [2.05, 4.69) is 12.2 Å². The van der Waals surface area contributed by atoms with Gasteiger partial charge in [-0.1, -0.05) is 32.6 Å². The van der Waals surface area contributed by atoms with Crippen molar-refractivity contribution in [1.29, 1.82) is 0 Å². The molecule has 1 aliphatic rings. The average molecular weight is 262 g/mol. The average Bonchev–Trinajstić information content (AvgIpc) is 2.40. The summed E-state index contributed by atoms with van der Waals surface area (Å²) in [5.74, 6) is 2.64. The first-order chi connectivity index (χ1) is 9.17. The van der Waals surface area contributed by atoms with Gasteiger partial charge in [0.15, 0.2) is 0 Å². The van der Waals surface area contributed by atoms with Gasteiger partial charge in [0.05, 0.1) is 7.11 Å². The van der Waals surface area contributed by atoms with Crippen molar-refractivity contribution in [1.82, 2.24) is 0 Å². The van der Waals surface area contributed by atoms with Gasteiger partial charge in [-0.05, 0) is 24.3 Å². The Balaban J connectivity index is 1.77. The van der Waals surface area contributed by atoms with E-state index < -0.39 is 0 Å². The minimum atomic E-state index is 0.744. The number of hydrogen-bond acceptors (Lipinski definition) is 3. The summed E-state index contributed by atoms with van der Waals surface area (Å²) in [5.41, 5.74) is 7.65. The summed E-state index contributed by atoms with van der Waals surface area (Å²) < 4.78 is 5.22. The molecule has 1 aromatic carbocycles. The van der Waals surface area contributed by atoms with Crippen LogP contribution < -0.4 is 15.8 Å². The van der Waals surface area contributed by atoms with E-state index in [1.165, 1.54) is 32.1 Å². The molecule has 0 aromatic heterocycles. The number of methoxy groups -OCH3 is 1. The van der Waals surface area contributed by atoms with Gasteiger partial charge in [0, 0.05) is 30.1 Å². The molecule has 0 spiro atoms. The lowest BCUT2D eigenvalue weighted by molar-refractivity contribution is 0.282. The highest BCUT2D eigenvalue weighted by molar-refractivity contribution is 5.59. The van der Waals surface area contributed by atoms with E-state index in [9.17, 15) is 0 Å². The first-order valence-corrected chi connectivity index (χ1v) is 7.36. The van der Waals surface area contributed by atoms with Crippen LogP contribution in [0.3, 0.4) is 0 Å². The number of nitrogen functional groups attached to an aromatic ring is 1. The van der Waals surface area contributed by atoms with Crippen LogP contribution in [0.2, 0.25) is 0 Å². The zero-order valence-electron chi connectivity index (χ0n) is 12.1. The van der Waals surface area contributed by atoms with Crippen LogP contribution in [-0.4, -0.2) is 13.7 Å². The van der Waals surface area contributed by atoms with Crippen LogP contribution in [0.1, 0.15) is 39.0 Å². The first kappa shape index (κ1) is 14.0. The van der Waals surface area contributed by atoms with Gasteiger partial charge in [0.25, 0.3) is 0 Å². The maximum Gasteiger partial charge on any atom is 0.122 e. The smallest absolute Gasteiger partial charge is 0.122 e. The lowest BCUT2D eigenvalue weighted by atomic mass is 9.81. The lowest BCUT2D eigenvalue weighted by Gasteiger charge is -2.26. The Hall–Kier alpha value is -1.38. The number of nitrogens with two attached hydrogens (primary N) is 1. The fraction of sp³-hybridized carbons (Fsp3) is 0.625. The molecule has 0 unspecified atom stereocenters. The van der Waals surface area contributed by atoms with E-state index in [1.807, 2.05) is 18.2 Å². The molecule has 106 valence electrons. The van der Waals surface area contributed by atoms with E-state index in [-0.39, 0.29) is 0 Å². The molecule has 3 heteroatoms. The SMILES string of the molecule is COc1cc(N)cc(NCCC2CCC(C)CC2)c1. The molecule has 3 nitrogen and oxygen atoms in total. The number of anilines is 2. The summed E-state index contributed by atoms with van der Waals surface area (Å²) in [6.07, 6.45) is 6.84. The molecule has 0 bridgehead atoms. The minimum absolute atomic E-state index is 0.744. The van der Waals surface area contributed by atoms with Crippen LogP contribution in [0, 0.1) is 11.8 Å². The molecule has 0 radical (unpaired) electrons. The highest BCUT2D eigenvalue weighted by Crippen LogP contribution is 2.30. The predicted molar refractivity (Wildman–Crippen MR) is 81.6 cm³/mol. The monoisotopic (exact) mass is 262 g/mol. The Morgan fingerprint density at radius 1 is 1.21 bits per heavy atom. The van der Waals surface area contributed by atoms with Crippen molar-refractivity contribution in [2.24, 2.45) is 11.8 Å². The van der Waals surface area contributed by atoms with Crippen LogP contribution in [0.5, 0.6) is 5.75 Å². The van der Waals surface area contributed by atoms with Crippen molar-refractivity contribution >= 4 is 11.4 Å². The Labute approximate surface area is 116 Å². The number of ether oxygens (including phenoxy) is 1. The summed E-state index contributed by atoms with van der Waals surface area (Å²) >= 11 is 0. The normalized spacial score (nSPS) is 23.1. The van der Waals surface area contributed by atoms with Crippen LogP contribution in [0.4, 0.5) is 11.4 Å². The van der Waals surface area contributed by atoms with Crippen molar-refractivity contribution < 1.29 is 4.74 Å². The molecular formula is C16H26N2O. The Bertz CT molecular complexity index is 398. The number of nitrogens with one attached hydrogen (secondary N) is 1. The Morgan fingerprint density at radius 2 is 1.95 bits per heavy atom. The fourth-order valence-electron chi connectivity index (χ4n) is 2.88. The molecule has 1 saturated carbocycles. The van der Waals surface area contributed by atoms with Gasteiger partial charge in [0.1, 0.15) is 5.75 Å². The number of benzene rings is 1. The van der Waals surface area contributed by atoms with Gasteiger partial charge in [-0.15, -0.1) is 0 Å². The van der Waals surface area contributed by atoms with Gasteiger partial charge in [-0.3, -0.25) is 0 Å². The molecule has 19 heavy (non-hydrogen) atoms. The summed E-state index contributed by atoms with van der Waals surface area (Å²) in [7, 11) is 1.67. The molecule has 0 heterocycles. The van der Waals surface area contributed by atoms with Crippen LogP contribution in [0.25, 0.3) is 0 Å². The summed E-state index contributed by atoms with van der Waals surface area (Å²) in [6, 6.07) is 5.80. The van der Waals surface area contributed by atoms with Crippen molar-refractivity contribution in [3.05, 3.63) is 18.2 Å². The third-order valence-electron chi connectivity index (χ3n) is 4.18. The maximum absolute atomic E-state index is 5.84. The molecule has 0 saturated heterocycles. The van der Waals surface area contributed by atoms with E-state index >= 15 is 0 Å². The highest BCUT2D eigenvalue weighted by Gasteiger charge is 2.17. The minimum Gasteiger partial charge on any atom is -0.497 e. The summed E-state index contributed by atoms with van der Waals surface area (Å²) in [6.45, 7) is 3.39. The zero-order valence-corrected chi connectivity index (χ0v) is 12.1. The first-order valence-electron chi connectivity index (χ1n) is 7.36. The van der Waals surface area contributed by atoms with Gasteiger partial charge >= 0.3 is 0 Å². The number of hydrogen-bond donors (Lipinski definition) is 2. The molecule has 3 N–H and O–H groups in total. The Morgan fingerprint density at radius 3 is 2.63 bits per heavy atom. The second-order valence-corrected chi connectivity index (χ2v) is 5.84. The maximum atomic E-state index is 5.84. The van der Waals surface area contributed by atoms with E-state index in [0.717, 1.165) is 35.5 Å². The van der Waals surface area contributed by atoms with Crippen LogP contribution in [0.15, 0.2) is 18.2 Å².